The first kappa shape index (κ1) is 32.3. The molecule has 0 saturated carbocycles. The van der Waals surface area contributed by atoms with Gasteiger partial charge in [-0.25, -0.2) is 17.6 Å². The van der Waals surface area contributed by atoms with Crippen molar-refractivity contribution in [1.82, 2.24) is 4.90 Å². The predicted molar refractivity (Wildman–Crippen MR) is 163 cm³/mol. The van der Waals surface area contributed by atoms with Crippen LogP contribution in [0.5, 0.6) is 5.75 Å². The number of nitrogens with one attached hydrogen (secondary N) is 2. The zero-order valence-electron chi connectivity index (χ0n) is 24.5. The molecule has 1 heterocycles. The van der Waals surface area contributed by atoms with Gasteiger partial charge in [0.15, 0.2) is 21.4 Å². The van der Waals surface area contributed by atoms with Gasteiger partial charge in [0.1, 0.15) is 6.04 Å². The summed E-state index contributed by atoms with van der Waals surface area (Å²) in [6, 6.07) is 12.7. The van der Waals surface area contributed by atoms with E-state index in [0.717, 1.165) is 0 Å². The molecule has 0 radical (unpaired) electrons. The average Bonchev–Trinajstić information content (AvgIpc) is 3.46. The molecule has 0 aromatic heterocycles. The lowest BCUT2D eigenvalue weighted by Gasteiger charge is -2.32. The molecule has 0 aliphatic carbocycles. The molecule has 234 valence electrons. The Morgan fingerprint density at radius 1 is 1.09 bits per heavy atom. The van der Waals surface area contributed by atoms with Gasteiger partial charge in [0.2, 0.25) is 11.8 Å². The number of ether oxygens (including phenoxy) is 1. The Hall–Kier alpha value is -4.65. The summed E-state index contributed by atoms with van der Waals surface area (Å²) in [5.41, 5.74) is 6.88. The third-order valence-electron chi connectivity index (χ3n) is 7.38. The first-order valence-electron chi connectivity index (χ1n) is 14.1. The monoisotopic (exact) mass is 626 g/mol. The molecule has 1 aliphatic rings. The molecule has 2 atom stereocenters. The third kappa shape index (κ3) is 6.94. The minimum Gasteiger partial charge on any atom is -0.491 e. The molecular weight excluding hydrogens is 591 g/mol. The zero-order valence-corrected chi connectivity index (χ0v) is 25.4. The minimum absolute atomic E-state index is 0.00669. The van der Waals surface area contributed by atoms with Gasteiger partial charge in [0.25, 0.3) is 0 Å². The number of halogens is 1. The highest BCUT2D eigenvalue weighted by Crippen LogP contribution is 2.40. The van der Waals surface area contributed by atoms with Crippen LogP contribution >= 0.6 is 0 Å². The summed E-state index contributed by atoms with van der Waals surface area (Å²) < 4.78 is 46.7. The van der Waals surface area contributed by atoms with Gasteiger partial charge in [0, 0.05) is 23.5 Å². The van der Waals surface area contributed by atoms with Crippen LogP contribution in [0.15, 0.2) is 65.6 Å². The van der Waals surface area contributed by atoms with E-state index in [1.165, 1.54) is 48.5 Å². The van der Waals surface area contributed by atoms with Crippen molar-refractivity contribution in [3.05, 3.63) is 83.2 Å². The summed E-state index contributed by atoms with van der Waals surface area (Å²) in [7, 11) is -3.82. The Bertz CT molecular complexity index is 1680. The van der Waals surface area contributed by atoms with Gasteiger partial charge in [-0.2, -0.15) is 0 Å². The van der Waals surface area contributed by atoms with E-state index in [1.807, 2.05) is 0 Å². The van der Waals surface area contributed by atoms with Gasteiger partial charge in [-0.3, -0.25) is 14.9 Å². The summed E-state index contributed by atoms with van der Waals surface area (Å²) in [4.78, 5) is 39.2. The van der Waals surface area contributed by atoms with Crippen LogP contribution in [-0.2, 0) is 14.6 Å². The smallest absolute Gasteiger partial charge is 0.409 e. The Labute approximate surface area is 255 Å². The lowest BCUT2D eigenvalue weighted by Crippen LogP contribution is -2.38. The fraction of sp³-hybridized carbons (Fsp3) is 0.323. The summed E-state index contributed by atoms with van der Waals surface area (Å²) in [5.74, 6) is -1.77. The predicted octanol–water partition coefficient (Wildman–Crippen LogP) is 5.11. The molecule has 44 heavy (non-hydrogen) atoms. The number of likely N-dealkylation sites (tertiary alicyclic amines) is 1. The van der Waals surface area contributed by atoms with E-state index in [4.69, 9.17) is 10.5 Å². The molecule has 0 unspecified atom stereocenters. The fourth-order valence-electron chi connectivity index (χ4n) is 5.22. The third-order valence-corrected chi connectivity index (χ3v) is 9.60. The van der Waals surface area contributed by atoms with Crippen LogP contribution in [0.2, 0.25) is 0 Å². The quantitative estimate of drug-likeness (QED) is 0.228. The van der Waals surface area contributed by atoms with Crippen LogP contribution in [0.1, 0.15) is 67.2 Å². The van der Waals surface area contributed by atoms with Crippen molar-refractivity contribution in [2.24, 2.45) is 5.73 Å². The molecule has 4 rings (SSSR count). The van der Waals surface area contributed by atoms with Gasteiger partial charge < -0.3 is 25.8 Å². The summed E-state index contributed by atoms with van der Waals surface area (Å²) in [6.45, 7) is 5.26. The molecule has 1 saturated heterocycles. The second-order valence-electron chi connectivity index (χ2n) is 10.6. The number of benzene rings is 3. The number of nitrogens with zero attached hydrogens (tertiary/aromatic N) is 1. The number of hydrogen-bond donors (Lipinski definition) is 4. The van der Waals surface area contributed by atoms with E-state index < -0.39 is 50.9 Å². The lowest BCUT2D eigenvalue weighted by molar-refractivity contribution is -0.133. The van der Waals surface area contributed by atoms with Gasteiger partial charge >= 0.3 is 6.09 Å². The first-order valence-corrected chi connectivity index (χ1v) is 15.6. The van der Waals surface area contributed by atoms with Crippen LogP contribution in [0, 0.1) is 5.82 Å². The van der Waals surface area contributed by atoms with Crippen LogP contribution in [-0.4, -0.2) is 54.7 Å². The van der Waals surface area contributed by atoms with Crippen molar-refractivity contribution < 1.29 is 37.0 Å². The second-order valence-corrected chi connectivity index (χ2v) is 13.1. The molecule has 3 aromatic rings. The Morgan fingerprint density at radius 3 is 2.50 bits per heavy atom. The second kappa shape index (κ2) is 13.3. The van der Waals surface area contributed by atoms with Gasteiger partial charge in [-0.15, -0.1) is 0 Å². The maximum absolute atomic E-state index is 14.5. The number of anilines is 2. The Kier molecular flexibility index (Phi) is 9.78. The number of hydrogen-bond acceptors (Lipinski definition) is 7. The maximum Gasteiger partial charge on any atom is 0.409 e. The first-order chi connectivity index (χ1) is 20.8. The number of carbonyl (C=O) groups is 3. The highest BCUT2D eigenvalue weighted by atomic mass is 32.2. The van der Waals surface area contributed by atoms with Gasteiger partial charge in [-0.05, 0) is 93.3 Å². The normalized spacial score (nSPS) is 15.6. The fourth-order valence-corrected chi connectivity index (χ4v) is 6.51. The van der Waals surface area contributed by atoms with Crippen molar-refractivity contribution >= 4 is 39.1 Å². The van der Waals surface area contributed by atoms with Crippen LogP contribution in [0.3, 0.4) is 0 Å². The maximum atomic E-state index is 14.5. The van der Waals surface area contributed by atoms with Gasteiger partial charge in [-0.1, -0.05) is 12.1 Å². The number of nitrogens with two attached hydrogens (primary N) is 1. The number of carboxylic acid groups (broad SMARTS) is 1. The number of carbonyl (C=O) groups excluding carboxylic acids is 2. The van der Waals surface area contributed by atoms with Crippen molar-refractivity contribution in [1.29, 1.82) is 0 Å². The molecule has 13 heteroatoms. The summed E-state index contributed by atoms with van der Waals surface area (Å²) >= 11 is 0. The lowest BCUT2D eigenvalue weighted by atomic mass is 10.0. The van der Waals surface area contributed by atoms with Crippen molar-refractivity contribution in [2.75, 3.05) is 23.8 Å². The largest absolute Gasteiger partial charge is 0.491 e. The molecular formula is C31H35FN4O7S. The topological polar surface area (TPSA) is 168 Å². The number of primary amides is 1. The Balaban J connectivity index is 1.82. The standard InChI is InChI=1S/C31H35FN4O7S/c1-4-43-26-16-19(10-12-24(26)32)28(34-21-8-5-7-20(15-21)29(33)37)30(38)36-14-6-9-25(36)23-17-22(35-31(39)40)11-13-27(23)44(41,42)18(2)3/h5,7-8,10-13,15-18,25,28,34-35H,4,6,9,14H2,1-3H3,(H2,33,37)(H,39,40)/t25-,28+/m1/s1. The Morgan fingerprint density at radius 2 is 1.84 bits per heavy atom. The molecule has 1 fully saturated rings. The molecule has 0 bridgehead atoms. The summed E-state index contributed by atoms with van der Waals surface area (Å²) in [5, 5.41) is 13.9. The van der Waals surface area contributed by atoms with E-state index in [9.17, 15) is 32.3 Å². The van der Waals surface area contributed by atoms with E-state index >= 15 is 0 Å². The molecule has 3 amide bonds. The van der Waals surface area contributed by atoms with Crippen LogP contribution in [0.25, 0.3) is 0 Å². The molecule has 0 spiro atoms. The van der Waals surface area contributed by atoms with Gasteiger partial charge in [0.05, 0.1) is 22.8 Å². The number of sulfone groups is 1. The van der Waals surface area contributed by atoms with Crippen molar-refractivity contribution in [2.45, 2.75) is 55.8 Å². The van der Waals surface area contributed by atoms with Crippen LogP contribution < -0.4 is 21.1 Å². The summed E-state index contributed by atoms with van der Waals surface area (Å²) in [6.07, 6.45) is -0.356. The molecule has 5 N–H and O–H groups in total. The SMILES string of the molecule is CCOc1cc([C@H](Nc2cccc(C(N)=O)c2)C(=O)N2CCC[C@@H]2c2cc(NC(=O)O)ccc2S(=O)(=O)C(C)C)ccc1F. The van der Waals surface area contributed by atoms with E-state index in [1.54, 1.807) is 37.8 Å². The molecule has 1 aliphatic heterocycles. The van der Waals surface area contributed by atoms with E-state index in [-0.39, 0.29) is 35.0 Å². The molecule has 11 nitrogen and oxygen atoms in total. The van der Waals surface area contributed by atoms with Crippen molar-refractivity contribution in [3.8, 4) is 5.75 Å². The van der Waals surface area contributed by atoms with E-state index in [0.29, 0.717) is 29.7 Å². The number of amides is 3. The highest BCUT2D eigenvalue weighted by Gasteiger charge is 2.38. The van der Waals surface area contributed by atoms with E-state index in [2.05, 4.69) is 10.6 Å². The van der Waals surface area contributed by atoms with Crippen molar-refractivity contribution in [3.63, 3.8) is 0 Å². The zero-order chi connectivity index (χ0) is 32.2. The molecule has 3 aromatic carbocycles. The average molecular weight is 627 g/mol. The van der Waals surface area contributed by atoms with Crippen LogP contribution in [0.4, 0.5) is 20.6 Å². The highest BCUT2D eigenvalue weighted by molar-refractivity contribution is 7.92. The number of rotatable bonds is 11. The minimum atomic E-state index is -3.82.